The van der Waals surface area contributed by atoms with Crippen LogP contribution in [-0.4, -0.2) is 11.0 Å². The number of hydrogen-bond acceptors (Lipinski definition) is 2. The molecule has 2 heteroatoms. The van der Waals surface area contributed by atoms with Crippen molar-refractivity contribution in [3.8, 4) is 11.8 Å². The van der Waals surface area contributed by atoms with Gasteiger partial charge < -0.3 is 5.73 Å². The first-order chi connectivity index (χ1) is 6.33. The van der Waals surface area contributed by atoms with E-state index in [1.54, 1.807) is 6.20 Å². The first-order valence-electron chi connectivity index (χ1n) is 4.45. The minimum Gasteiger partial charge on any atom is -0.318 e. The molecule has 68 valence electrons. The molecular formula is C11H14N2. The lowest BCUT2D eigenvalue weighted by Gasteiger charge is -1.95. The average molecular weight is 174 g/mol. The second kappa shape index (κ2) is 5.34. The summed E-state index contributed by atoms with van der Waals surface area (Å²) < 4.78 is 0. The maximum atomic E-state index is 5.65. The maximum absolute atomic E-state index is 5.65. The summed E-state index contributed by atoms with van der Waals surface area (Å²) in [5, 5.41) is 0. The Hall–Kier alpha value is -1.33. The van der Waals surface area contributed by atoms with Crippen LogP contribution in [0.2, 0.25) is 0 Å². The van der Waals surface area contributed by atoms with E-state index in [1.165, 1.54) is 0 Å². The monoisotopic (exact) mass is 174 g/mol. The van der Waals surface area contributed by atoms with E-state index >= 15 is 0 Å². The SMILES string of the molecule is CCC(N)C#CCc1cccnc1. The van der Waals surface area contributed by atoms with E-state index in [4.69, 9.17) is 5.73 Å². The van der Waals surface area contributed by atoms with Crippen molar-refractivity contribution in [2.45, 2.75) is 25.8 Å². The molecule has 1 aromatic heterocycles. The fourth-order valence-electron chi connectivity index (χ4n) is 0.889. The van der Waals surface area contributed by atoms with Gasteiger partial charge in [0.25, 0.3) is 0 Å². The number of nitrogens with zero attached hydrogens (tertiary/aromatic N) is 1. The molecule has 0 aromatic carbocycles. The third-order valence-electron chi connectivity index (χ3n) is 1.74. The molecule has 13 heavy (non-hydrogen) atoms. The Morgan fingerprint density at radius 3 is 3.08 bits per heavy atom. The molecule has 0 aliphatic rings. The van der Waals surface area contributed by atoms with Crippen LogP contribution in [0, 0.1) is 11.8 Å². The topological polar surface area (TPSA) is 38.9 Å². The third kappa shape index (κ3) is 3.73. The van der Waals surface area contributed by atoms with Crippen molar-refractivity contribution in [3.05, 3.63) is 30.1 Å². The zero-order chi connectivity index (χ0) is 9.52. The van der Waals surface area contributed by atoms with Crippen LogP contribution in [0.1, 0.15) is 18.9 Å². The van der Waals surface area contributed by atoms with Crippen LogP contribution >= 0.6 is 0 Å². The normalized spacial score (nSPS) is 11.5. The van der Waals surface area contributed by atoms with E-state index in [2.05, 4.69) is 16.8 Å². The van der Waals surface area contributed by atoms with Crippen LogP contribution in [0.4, 0.5) is 0 Å². The maximum Gasteiger partial charge on any atom is 0.0662 e. The molecule has 0 bridgehead atoms. The Morgan fingerprint density at radius 1 is 1.62 bits per heavy atom. The van der Waals surface area contributed by atoms with Gasteiger partial charge in [-0.25, -0.2) is 0 Å². The van der Waals surface area contributed by atoms with Crippen LogP contribution in [-0.2, 0) is 6.42 Å². The molecule has 0 spiro atoms. The number of aromatic nitrogens is 1. The highest BCUT2D eigenvalue weighted by atomic mass is 14.6. The van der Waals surface area contributed by atoms with E-state index in [0.29, 0.717) is 0 Å². The molecule has 1 aromatic rings. The number of hydrogen-bond donors (Lipinski definition) is 1. The summed E-state index contributed by atoms with van der Waals surface area (Å²) in [5.41, 5.74) is 6.79. The summed E-state index contributed by atoms with van der Waals surface area (Å²) in [4.78, 5) is 4.00. The molecule has 1 atom stereocenters. The summed E-state index contributed by atoms with van der Waals surface area (Å²) in [5.74, 6) is 6.02. The summed E-state index contributed by atoms with van der Waals surface area (Å²) in [6, 6.07) is 3.94. The molecule has 1 heterocycles. The lowest BCUT2D eigenvalue weighted by Crippen LogP contribution is -2.15. The van der Waals surface area contributed by atoms with Gasteiger partial charge in [-0.05, 0) is 18.1 Å². The van der Waals surface area contributed by atoms with Crippen molar-refractivity contribution in [2.24, 2.45) is 5.73 Å². The van der Waals surface area contributed by atoms with Gasteiger partial charge in [-0.15, -0.1) is 0 Å². The van der Waals surface area contributed by atoms with Gasteiger partial charge >= 0.3 is 0 Å². The lowest BCUT2D eigenvalue weighted by molar-refractivity contribution is 0.805. The summed E-state index contributed by atoms with van der Waals surface area (Å²) in [6.07, 6.45) is 5.22. The minimum absolute atomic E-state index is 0.0108. The number of rotatable bonds is 2. The molecule has 0 aliphatic carbocycles. The molecule has 1 unspecified atom stereocenters. The molecule has 2 nitrogen and oxygen atoms in total. The Kier molecular flexibility index (Phi) is 4.01. The van der Waals surface area contributed by atoms with E-state index in [1.807, 2.05) is 25.3 Å². The van der Waals surface area contributed by atoms with Gasteiger partial charge in [-0.3, -0.25) is 4.98 Å². The summed E-state index contributed by atoms with van der Waals surface area (Å²) in [6.45, 7) is 2.03. The number of pyridine rings is 1. The molecule has 0 saturated carbocycles. The second-order valence-electron chi connectivity index (χ2n) is 2.87. The zero-order valence-electron chi connectivity index (χ0n) is 7.83. The molecule has 0 radical (unpaired) electrons. The summed E-state index contributed by atoms with van der Waals surface area (Å²) in [7, 11) is 0. The predicted molar refractivity (Wildman–Crippen MR) is 54.0 cm³/mol. The van der Waals surface area contributed by atoms with Crippen molar-refractivity contribution in [1.82, 2.24) is 4.98 Å². The lowest BCUT2D eigenvalue weighted by atomic mass is 10.2. The van der Waals surface area contributed by atoms with Gasteiger partial charge in [0.2, 0.25) is 0 Å². The van der Waals surface area contributed by atoms with Crippen molar-refractivity contribution >= 4 is 0 Å². The second-order valence-corrected chi connectivity index (χ2v) is 2.87. The van der Waals surface area contributed by atoms with E-state index in [-0.39, 0.29) is 6.04 Å². The first-order valence-corrected chi connectivity index (χ1v) is 4.45. The highest BCUT2D eigenvalue weighted by molar-refractivity contribution is 5.18. The Balaban J connectivity index is 2.46. The number of nitrogens with two attached hydrogens (primary N) is 1. The van der Waals surface area contributed by atoms with Gasteiger partial charge in [0.05, 0.1) is 6.04 Å². The smallest absolute Gasteiger partial charge is 0.0662 e. The Morgan fingerprint density at radius 2 is 2.46 bits per heavy atom. The fourth-order valence-corrected chi connectivity index (χ4v) is 0.889. The predicted octanol–water partition coefficient (Wildman–Crippen LogP) is 1.36. The standard InChI is InChI=1S/C11H14N2/c1-2-11(12)7-3-5-10-6-4-8-13-9-10/h4,6,8-9,11H,2,5,12H2,1H3. The van der Waals surface area contributed by atoms with Gasteiger partial charge in [-0.1, -0.05) is 24.8 Å². The summed E-state index contributed by atoms with van der Waals surface area (Å²) >= 11 is 0. The third-order valence-corrected chi connectivity index (χ3v) is 1.74. The van der Waals surface area contributed by atoms with Gasteiger partial charge in [-0.2, -0.15) is 0 Å². The van der Waals surface area contributed by atoms with E-state index in [9.17, 15) is 0 Å². The van der Waals surface area contributed by atoms with E-state index < -0.39 is 0 Å². The van der Waals surface area contributed by atoms with Gasteiger partial charge in [0, 0.05) is 18.8 Å². The minimum atomic E-state index is 0.0108. The van der Waals surface area contributed by atoms with Crippen molar-refractivity contribution in [1.29, 1.82) is 0 Å². The van der Waals surface area contributed by atoms with Gasteiger partial charge in [0.15, 0.2) is 0 Å². The van der Waals surface area contributed by atoms with E-state index in [0.717, 1.165) is 18.4 Å². The van der Waals surface area contributed by atoms with Gasteiger partial charge in [0.1, 0.15) is 0 Å². The highest BCUT2D eigenvalue weighted by Gasteiger charge is 1.90. The molecular weight excluding hydrogens is 160 g/mol. The molecule has 0 saturated heterocycles. The Bertz CT molecular complexity index is 295. The molecule has 1 rings (SSSR count). The van der Waals surface area contributed by atoms with Crippen molar-refractivity contribution in [3.63, 3.8) is 0 Å². The highest BCUT2D eigenvalue weighted by Crippen LogP contribution is 1.95. The van der Waals surface area contributed by atoms with Crippen LogP contribution in [0.25, 0.3) is 0 Å². The largest absolute Gasteiger partial charge is 0.318 e. The molecule has 0 amide bonds. The van der Waals surface area contributed by atoms with Crippen LogP contribution in [0.5, 0.6) is 0 Å². The molecule has 0 aliphatic heterocycles. The zero-order valence-corrected chi connectivity index (χ0v) is 7.83. The quantitative estimate of drug-likeness (QED) is 0.688. The Labute approximate surface area is 79.2 Å². The van der Waals surface area contributed by atoms with Crippen LogP contribution in [0.3, 0.4) is 0 Å². The van der Waals surface area contributed by atoms with Crippen molar-refractivity contribution in [2.75, 3.05) is 0 Å². The fraction of sp³-hybridized carbons (Fsp3) is 0.364. The molecule has 2 N–H and O–H groups in total. The molecule has 0 fully saturated rings. The van der Waals surface area contributed by atoms with Crippen LogP contribution < -0.4 is 5.73 Å². The van der Waals surface area contributed by atoms with Crippen molar-refractivity contribution < 1.29 is 0 Å². The first kappa shape index (κ1) is 9.76. The van der Waals surface area contributed by atoms with Crippen LogP contribution in [0.15, 0.2) is 24.5 Å². The average Bonchev–Trinajstić information content (AvgIpc) is 2.19.